The van der Waals surface area contributed by atoms with Gasteiger partial charge in [0.05, 0.1) is 14.6 Å². The van der Waals surface area contributed by atoms with Gasteiger partial charge in [-0.05, 0) is 71.8 Å². The predicted molar refractivity (Wildman–Crippen MR) is 133 cm³/mol. The number of rotatable bonds is 11. The van der Waals surface area contributed by atoms with Crippen molar-refractivity contribution in [1.82, 2.24) is 5.32 Å². The Kier molecular flexibility index (Phi) is 7.63. The molecule has 0 spiro atoms. The number of hydrogen-bond donors (Lipinski definition) is 1. The van der Waals surface area contributed by atoms with E-state index >= 15 is 0 Å². The number of thioether (sulfide) groups is 1. The SMILES string of the molecule is [2H][C@@]1(c2cccc(OCCCOc3ccc(Oc4ccccc4)cc3CCC)c2)SC(=O)NC1=O. The molecular weight excluding hydrogens is 450 g/mol. The molecular formula is C27H27NO5S. The molecule has 1 aliphatic rings. The Morgan fingerprint density at radius 3 is 2.47 bits per heavy atom. The van der Waals surface area contributed by atoms with Crippen LogP contribution in [-0.2, 0) is 11.2 Å². The van der Waals surface area contributed by atoms with Gasteiger partial charge in [0, 0.05) is 6.42 Å². The molecule has 34 heavy (non-hydrogen) atoms. The van der Waals surface area contributed by atoms with Gasteiger partial charge in [-0.3, -0.25) is 14.9 Å². The normalized spacial score (nSPS) is 17.7. The van der Waals surface area contributed by atoms with E-state index in [9.17, 15) is 9.59 Å². The molecule has 1 fully saturated rings. The summed E-state index contributed by atoms with van der Waals surface area (Å²) in [7, 11) is 0. The molecule has 0 unspecified atom stereocenters. The summed E-state index contributed by atoms with van der Waals surface area (Å²) in [6, 6.07) is 22.3. The van der Waals surface area contributed by atoms with Gasteiger partial charge in [0.2, 0.25) is 5.91 Å². The molecule has 7 heteroatoms. The highest BCUT2D eigenvalue weighted by Crippen LogP contribution is 2.35. The molecule has 0 bridgehead atoms. The number of carbonyl (C=O) groups is 2. The topological polar surface area (TPSA) is 73.9 Å². The van der Waals surface area contributed by atoms with Crippen molar-refractivity contribution >= 4 is 22.9 Å². The van der Waals surface area contributed by atoms with Crippen LogP contribution in [0, 0.1) is 0 Å². The molecule has 4 rings (SSSR count). The molecule has 2 amide bonds. The number of nitrogens with one attached hydrogen (secondary N) is 1. The smallest absolute Gasteiger partial charge is 0.286 e. The zero-order chi connectivity index (χ0) is 24.7. The molecule has 0 aliphatic carbocycles. The van der Waals surface area contributed by atoms with E-state index in [0.717, 1.165) is 35.7 Å². The van der Waals surface area contributed by atoms with Crippen LogP contribution < -0.4 is 19.5 Å². The van der Waals surface area contributed by atoms with Crippen molar-refractivity contribution in [1.29, 1.82) is 0 Å². The summed E-state index contributed by atoms with van der Waals surface area (Å²) in [5.41, 5.74) is 1.50. The summed E-state index contributed by atoms with van der Waals surface area (Å²) >= 11 is 0.656. The van der Waals surface area contributed by atoms with Crippen molar-refractivity contribution in [2.75, 3.05) is 13.2 Å². The van der Waals surface area contributed by atoms with Gasteiger partial charge < -0.3 is 14.2 Å². The van der Waals surface area contributed by atoms with Gasteiger partial charge in [0.25, 0.3) is 5.24 Å². The van der Waals surface area contributed by atoms with Gasteiger partial charge in [-0.1, -0.05) is 43.7 Å². The molecule has 3 aromatic rings. The fourth-order valence-corrected chi connectivity index (χ4v) is 4.23. The maximum Gasteiger partial charge on any atom is 0.286 e. The molecule has 3 aromatic carbocycles. The van der Waals surface area contributed by atoms with Crippen molar-refractivity contribution in [2.24, 2.45) is 0 Å². The average molecular weight is 479 g/mol. The van der Waals surface area contributed by atoms with E-state index in [4.69, 9.17) is 15.6 Å². The molecule has 176 valence electrons. The van der Waals surface area contributed by atoms with Crippen molar-refractivity contribution in [3.05, 3.63) is 83.9 Å². The van der Waals surface area contributed by atoms with Crippen LogP contribution in [0.3, 0.4) is 0 Å². The number of aryl methyl sites for hydroxylation is 1. The lowest BCUT2D eigenvalue weighted by Gasteiger charge is -2.14. The molecule has 1 heterocycles. The maximum absolute atomic E-state index is 12.0. The molecule has 1 saturated heterocycles. The van der Waals surface area contributed by atoms with E-state index in [0.29, 0.717) is 42.7 Å². The second kappa shape index (κ2) is 11.6. The number of hydrogen-bond acceptors (Lipinski definition) is 6. The Hall–Kier alpha value is -3.45. The number of para-hydroxylation sites is 1. The minimum Gasteiger partial charge on any atom is -0.493 e. The van der Waals surface area contributed by atoms with E-state index in [-0.39, 0.29) is 0 Å². The van der Waals surface area contributed by atoms with Crippen LogP contribution in [-0.4, -0.2) is 24.4 Å². The molecule has 0 saturated carbocycles. The van der Waals surface area contributed by atoms with Crippen LogP contribution in [0.15, 0.2) is 72.8 Å². The zero-order valence-electron chi connectivity index (χ0n) is 19.9. The Labute approximate surface area is 205 Å². The minimum absolute atomic E-state index is 0.404. The Bertz CT molecular complexity index is 1190. The highest BCUT2D eigenvalue weighted by molar-refractivity contribution is 8.15. The van der Waals surface area contributed by atoms with Gasteiger partial charge in [-0.2, -0.15) is 0 Å². The van der Waals surface area contributed by atoms with Crippen LogP contribution in [0.5, 0.6) is 23.0 Å². The second-order valence-electron chi connectivity index (χ2n) is 7.69. The van der Waals surface area contributed by atoms with Gasteiger partial charge in [0.1, 0.15) is 28.2 Å². The standard InChI is InChI=1S/C27H27NO5S/c1-2-8-19-17-23(33-21-10-4-3-5-11-21)13-14-24(19)32-16-7-15-31-22-12-6-9-20(18-22)25-26(29)28-27(30)34-25/h3-6,9-14,17-18,25H,2,7-8,15-16H2,1H3,(H,28,29,30)/t25-/m0/s1/i25D. The third-order valence-corrected chi connectivity index (χ3v) is 5.97. The summed E-state index contributed by atoms with van der Waals surface area (Å²) in [5, 5.41) is -0.0448. The minimum atomic E-state index is -1.69. The van der Waals surface area contributed by atoms with Crippen molar-refractivity contribution in [2.45, 2.75) is 31.4 Å². The lowest BCUT2D eigenvalue weighted by Crippen LogP contribution is -2.20. The van der Waals surface area contributed by atoms with Gasteiger partial charge in [-0.15, -0.1) is 0 Å². The lowest BCUT2D eigenvalue weighted by molar-refractivity contribution is -0.119. The largest absolute Gasteiger partial charge is 0.493 e. The number of amides is 2. The third-order valence-electron chi connectivity index (χ3n) is 5.06. The average Bonchev–Trinajstić information content (AvgIpc) is 3.13. The van der Waals surface area contributed by atoms with Crippen LogP contribution >= 0.6 is 11.8 Å². The van der Waals surface area contributed by atoms with E-state index < -0.39 is 16.4 Å². The Balaban J connectivity index is 1.30. The Morgan fingerprint density at radius 1 is 0.912 bits per heavy atom. The molecule has 1 atom stereocenters. The number of benzene rings is 3. The molecule has 1 aliphatic heterocycles. The Morgan fingerprint density at radius 2 is 1.71 bits per heavy atom. The van der Waals surface area contributed by atoms with Crippen molar-refractivity contribution in [3.63, 3.8) is 0 Å². The first-order valence-corrected chi connectivity index (χ1v) is 12.1. The highest BCUT2D eigenvalue weighted by atomic mass is 32.2. The van der Waals surface area contributed by atoms with E-state index in [1.54, 1.807) is 24.3 Å². The molecule has 0 aromatic heterocycles. The van der Waals surface area contributed by atoms with Gasteiger partial charge in [-0.25, -0.2) is 0 Å². The number of carbonyl (C=O) groups excluding carboxylic acids is 2. The monoisotopic (exact) mass is 478 g/mol. The van der Waals surface area contributed by atoms with E-state index in [1.807, 2.05) is 48.5 Å². The summed E-state index contributed by atoms with van der Waals surface area (Å²) in [4.78, 5) is 23.5. The van der Waals surface area contributed by atoms with Gasteiger partial charge >= 0.3 is 0 Å². The van der Waals surface area contributed by atoms with Crippen LogP contribution in [0.1, 0.15) is 37.5 Å². The van der Waals surface area contributed by atoms with Crippen molar-refractivity contribution in [3.8, 4) is 23.0 Å². The van der Waals surface area contributed by atoms with Crippen molar-refractivity contribution < 1.29 is 25.2 Å². The quantitative estimate of drug-likeness (QED) is 0.326. The fraction of sp³-hybridized carbons (Fsp3) is 0.259. The molecule has 1 N–H and O–H groups in total. The maximum atomic E-state index is 12.0. The van der Waals surface area contributed by atoms with Crippen LogP contribution in [0.25, 0.3) is 0 Å². The number of ether oxygens (including phenoxy) is 3. The van der Waals surface area contributed by atoms with E-state index in [1.165, 1.54) is 0 Å². The first kappa shape index (κ1) is 22.3. The molecule has 0 radical (unpaired) electrons. The highest BCUT2D eigenvalue weighted by Gasteiger charge is 2.32. The first-order chi connectivity index (χ1) is 17.0. The molecule has 6 nitrogen and oxygen atoms in total. The zero-order valence-corrected chi connectivity index (χ0v) is 19.7. The fourth-order valence-electron chi connectivity index (χ4n) is 3.51. The summed E-state index contributed by atoms with van der Waals surface area (Å²) in [5.74, 6) is 2.30. The summed E-state index contributed by atoms with van der Waals surface area (Å²) in [6.45, 7) is 3.01. The summed E-state index contributed by atoms with van der Waals surface area (Å²) in [6.07, 6.45) is 2.52. The first-order valence-electron chi connectivity index (χ1n) is 11.7. The van der Waals surface area contributed by atoms with Gasteiger partial charge in [0.15, 0.2) is 0 Å². The van der Waals surface area contributed by atoms with Crippen LogP contribution in [0.2, 0.25) is 0 Å². The third kappa shape index (κ3) is 6.32. The predicted octanol–water partition coefficient (Wildman–Crippen LogP) is 6.30. The number of imide groups is 1. The summed E-state index contributed by atoms with van der Waals surface area (Å²) < 4.78 is 26.1. The second-order valence-corrected chi connectivity index (χ2v) is 8.67. The lowest BCUT2D eigenvalue weighted by atomic mass is 10.1. The van der Waals surface area contributed by atoms with Crippen LogP contribution in [0.4, 0.5) is 4.79 Å². The van der Waals surface area contributed by atoms with E-state index in [2.05, 4.69) is 12.2 Å².